The molecule has 4 amide bonds. The number of nitrogens with zero attached hydrogens (tertiary/aromatic N) is 2. The van der Waals surface area contributed by atoms with Crippen molar-refractivity contribution in [2.75, 3.05) is 26.8 Å². The molecule has 2 aliphatic rings. The van der Waals surface area contributed by atoms with Crippen molar-refractivity contribution in [2.24, 2.45) is 0 Å². The molecule has 0 aliphatic carbocycles. The molecule has 178 valence electrons. The van der Waals surface area contributed by atoms with Gasteiger partial charge >= 0.3 is 6.03 Å². The third-order valence-electron chi connectivity index (χ3n) is 6.64. The molecule has 1 saturated heterocycles. The Hall–Kier alpha value is -3.07. The normalized spacial score (nSPS) is 20.9. The second-order valence-corrected chi connectivity index (χ2v) is 9.06. The van der Waals surface area contributed by atoms with E-state index in [0.29, 0.717) is 38.2 Å². The van der Waals surface area contributed by atoms with Crippen molar-refractivity contribution in [3.63, 3.8) is 0 Å². The summed E-state index contributed by atoms with van der Waals surface area (Å²) >= 11 is 0. The quantitative estimate of drug-likeness (QED) is 0.469. The minimum Gasteiger partial charge on any atom is -0.497 e. The van der Waals surface area contributed by atoms with Crippen LogP contribution in [0.2, 0.25) is 0 Å². The van der Waals surface area contributed by atoms with Gasteiger partial charge < -0.3 is 24.7 Å². The lowest BCUT2D eigenvalue weighted by atomic mass is 9.87. The van der Waals surface area contributed by atoms with E-state index in [1.165, 1.54) is 0 Å². The molecule has 0 bridgehead atoms. The Morgan fingerprint density at radius 1 is 1.27 bits per heavy atom. The largest absolute Gasteiger partial charge is 0.497 e. The van der Waals surface area contributed by atoms with E-state index in [1.807, 2.05) is 32.0 Å². The Balaban J connectivity index is 1.56. The summed E-state index contributed by atoms with van der Waals surface area (Å²) in [5.41, 5.74) is 1.41. The summed E-state index contributed by atoms with van der Waals surface area (Å²) in [6, 6.07) is 4.37. The summed E-state index contributed by atoms with van der Waals surface area (Å²) in [5.74, 6) is -0.0134. The SMILES string of the molecule is COc1ccc2[nH]c3c(c2c1)CCN1C(=O)N([C@@H](C)C(=O)NCCCOC(C)C)C(=O)[C@]31C. The Bertz CT molecular complexity index is 1090. The number of benzene rings is 1. The number of carbonyl (C=O) groups is 3. The molecule has 2 aromatic rings. The number of hydrogen-bond acceptors (Lipinski definition) is 5. The summed E-state index contributed by atoms with van der Waals surface area (Å²) in [6.07, 6.45) is 1.40. The lowest BCUT2D eigenvalue weighted by molar-refractivity contribution is -0.139. The summed E-state index contributed by atoms with van der Waals surface area (Å²) in [5, 5.41) is 3.80. The van der Waals surface area contributed by atoms with Gasteiger partial charge in [0.15, 0.2) is 5.54 Å². The fraction of sp³-hybridized carbons (Fsp3) is 0.542. The molecule has 4 rings (SSSR count). The second kappa shape index (κ2) is 8.70. The molecule has 2 aliphatic heterocycles. The first-order valence-electron chi connectivity index (χ1n) is 11.4. The number of carbonyl (C=O) groups excluding carboxylic acids is 3. The van der Waals surface area contributed by atoms with Gasteiger partial charge in [-0.1, -0.05) is 0 Å². The second-order valence-electron chi connectivity index (χ2n) is 9.06. The Labute approximate surface area is 193 Å². The van der Waals surface area contributed by atoms with Crippen LogP contribution in [0.1, 0.15) is 45.4 Å². The van der Waals surface area contributed by atoms with Gasteiger partial charge in [-0.3, -0.25) is 9.59 Å². The third kappa shape index (κ3) is 3.74. The van der Waals surface area contributed by atoms with Gasteiger partial charge in [0.25, 0.3) is 5.91 Å². The number of rotatable bonds is 8. The fourth-order valence-electron chi connectivity index (χ4n) is 4.78. The zero-order chi connectivity index (χ0) is 23.9. The van der Waals surface area contributed by atoms with Crippen LogP contribution in [0, 0.1) is 0 Å². The number of hydrogen-bond donors (Lipinski definition) is 2. The number of aromatic nitrogens is 1. The van der Waals surface area contributed by atoms with E-state index >= 15 is 0 Å². The van der Waals surface area contributed by atoms with Gasteiger partial charge in [-0.2, -0.15) is 0 Å². The minimum atomic E-state index is -1.18. The maximum atomic E-state index is 13.7. The number of H-pyrrole nitrogens is 1. The average molecular weight is 457 g/mol. The monoisotopic (exact) mass is 456 g/mol. The zero-order valence-corrected chi connectivity index (χ0v) is 19.9. The van der Waals surface area contributed by atoms with Crippen LogP contribution in [0.3, 0.4) is 0 Å². The number of ether oxygens (including phenoxy) is 2. The van der Waals surface area contributed by atoms with E-state index in [4.69, 9.17) is 9.47 Å². The van der Waals surface area contributed by atoms with Gasteiger partial charge in [-0.25, -0.2) is 9.69 Å². The molecule has 0 saturated carbocycles. The number of nitrogens with one attached hydrogen (secondary N) is 2. The third-order valence-corrected chi connectivity index (χ3v) is 6.64. The molecule has 9 nitrogen and oxygen atoms in total. The average Bonchev–Trinajstić information content (AvgIpc) is 3.25. The molecule has 1 fully saturated rings. The molecule has 1 aromatic carbocycles. The van der Waals surface area contributed by atoms with Gasteiger partial charge in [0.1, 0.15) is 11.8 Å². The lowest BCUT2D eigenvalue weighted by Crippen LogP contribution is -2.50. The van der Waals surface area contributed by atoms with Crippen LogP contribution < -0.4 is 10.1 Å². The van der Waals surface area contributed by atoms with Gasteiger partial charge in [0, 0.05) is 30.6 Å². The molecular formula is C24H32N4O5. The smallest absolute Gasteiger partial charge is 0.328 e. The van der Waals surface area contributed by atoms with Crippen molar-refractivity contribution in [3.05, 3.63) is 29.5 Å². The van der Waals surface area contributed by atoms with Gasteiger partial charge in [0.2, 0.25) is 5.91 Å². The van der Waals surface area contributed by atoms with Crippen LogP contribution in [-0.2, 0) is 26.3 Å². The van der Waals surface area contributed by atoms with Crippen LogP contribution in [-0.4, -0.2) is 71.6 Å². The van der Waals surface area contributed by atoms with Crippen LogP contribution in [0.15, 0.2) is 18.2 Å². The lowest BCUT2D eigenvalue weighted by Gasteiger charge is -2.36. The molecule has 2 atom stereocenters. The zero-order valence-electron chi connectivity index (χ0n) is 19.9. The first-order valence-corrected chi connectivity index (χ1v) is 11.4. The highest BCUT2D eigenvalue weighted by atomic mass is 16.5. The summed E-state index contributed by atoms with van der Waals surface area (Å²) in [6.45, 7) is 8.61. The number of imide groups is 1. The van der Waals surface area contributed by atoms with E-state index in [2.05, 4.69) is 10.3 Å². The van der Waals surface area contributed by atoms with E-state index in [-0.39, 0.29) is 12.0 Å². The molecular weight excluding hydrogens is 424 g/mol. The first kappa shape index (κ1) is 23.1. The first-order chi connectivity index (χ1) is 15.7. The molecule has 3 heterocycles. The van der Waals surface area contributed by atoms with Crippen molar-refractivity contribution in [1.82, 2.24) is 20.1 Å². The molecule has 0 spiro atoms. The summed E-state index contributed by atoms with van der Waals surface area (Å²) in [7, 11) is 1.62. The van der Waals surface area contributed by atoms with Crippen molar-refractivity contribution >= 4 is 28.7 Å². The van der Waals surface area contributed by atoms with E-state index < -0.39 is 23.5 Å². The van der Waals surface area contributed by atoms with Crippen molar-refractivity contribution in [1.29, 1.82) is 0 Å². The van der Waals surface area contributed by atoms with Gasteiger partial charge in [-0.05, 0) is 64.3 Å². The highest BCUT2D eigenvalue weighted by Crippen LogP contribution is 2.45. The van der Waals surface area contributed by atoms with Crippen molar-refractivity contribution in [3.8, 4) is 5.75 Å². The highest BCUT2D eigenvalue weighted by molar-refractivity contribution is 6.11. The van der Waals surface area contributed by atoms with E-state index in [0.717, 1.165) is 27.1 Å². The number of aromatic amines is 1. The highest BCUT2D eigenvalue weighted by Gasteiger charge is 2.60. The molecule has 0 unspecified atom stereocenters. The number of fused-ring (bicyclic) bond motifs is 5. The standard InChI is InChI=1S/C24H32N4O5/c1-14(2)33-12-6-10-25-21(29)15(3)28-22(30)24(4)20-17(9-11-27(24)23(28)31)18-13-16(32-5)7-8-19(18)26-20/h7-8,13-15,26H,6,9-12H2,1-5H3,(H,25,29)/t15-,24-/m0/s1. The van der Waals surface area contributed by atoms with Crippen LogP contribution >= 0.6 is 0 Å². The Kier molecular flexibility index (Phi) is 6.09. The Morgan fingerprint density at radius 2 is 2.03 bits per heavy atom. The van der Waals surface area contributed by atoms with Crippen molar-refractivity contribution in [2.45, 2.75) is 58.2 Å². The predicted octanol–water partition coefficient (Wildman–Crippen LogP) is 2.53. The number of amides is 4. The predicted molar refractivity (Wildman–Crippen MR) is 123 cm³/mol. The van der Waals surface area contributed by atoms with Gasteiger partial charge in [-0.15, -0.1) is 0 Å². The molecule has 0 radical (unpaired) electrons. The number of urea groups is 1. The fourth-order valence-corrected chi connectivity index (χ4v) is 4.78. The maximum absolute atomic E-state index is 13.7. The van der Waals surface area contributed by atoms with Gasteiger partial charge in [0.05, 0.1) is 18.9 Å². The number of methoxy groups -OCH3 is 1. The molecule has 1 aromatic heterocycles. The maximum Gasteiger partial charge on any atom is 0.328 e. The molecule has 9 heteroatoms. The molecule has 33 heavy (non-hydrogen) atoms. The van der Waals surface area contributed by atoms with Crippen LogP contribution in [0.4, 0.5) is 4.79 Å². The topological polar surface area (TPSA) is 104 Å². The van der Waals surface area contributed by atoms with E-state index in [9.17, 15) is 14.4 Å². The van der Waals surface area contributed by atoms with Crippen LogP contribution in [0.25, 0.3) is 10.9 Å². The Morgan fingerprint density at radius 3 is 2.73 bits per heavy atom. The van der Waals surface area contributed by atoms with Crippen LogP contribution in [0.5, 0.6) is 5.75 Å². The summed E-state index contributed by atoms with van der Waals surface area (Å²) in [4.78, 5) is 45.7. The minimum absolute atomic E-state index is 0.133. The molecule has 2 N–H and O–H groups in total. The summed E-state index contributed by atoms with van der Waals surface area (Å²) < 4.78 is 10.8. The van der Waals surface area contributed by atoms with E-state index in [1.54, 1.807) is 25.9 Å². The van der Waals surface area contributed by atoms with Crippen molar-refractivity contribution < 1.29 is 23.9 Å².